The van der Waals surface area contributed by atoms with Gasteiger partial charge in [0.2, 0.25) is 0 Å². The number of likely N-dealkylation sites (tertiary alicyclic amines) is 1. The van der Waals surface area contributed by atoms with Crippen LogP contribution in [-0.4, -0.2) is 52.2 Å². The van der Waals surface area contributed by atoms with Crippen LogP contribution >= 0.6 is 11.8 Å². The Morgan fingerprint density at radius 1 is 1.17 bits per heavy atom. The summed E-state index contributed by atoms with van der Waals surface area (Å²) in [7, 11) is 5.96. The van der Waals surface area contributed by atoms with Gasteiger partial charge in [-0.1, -0.05) is 18.2 Å². The Morgan fingerprint density at radius 3 is 2.67 bits per heavy atom. The summed E-state index contributed by atoms with van der Waals surface area (Å²) in [6, 6.07) is 8.68. The Labute approximate surface area is 148 Å². The molecule has 130 valence electrons. The van der Waals surface area contributed by atoms with Crippen molar-refractivity contribution in [3.63, 3.8) is 0 Å². The summed E-state index contributed by atoms with van der Waals surface area (Å²) in [6.07, 6.45) is 5.25. The van der Waals surface area contributed by atoms with Crippen LogP contribution in [0.4, 0.5) is 0 Å². The van der Waals surface area contributed by atoms with E-state index in [2.05, 4.69) is 26.7 Å². The molecule has 0 amide bonds. The van der Waals surface area contributed by atoms with Gasteiger partial charge < -0.3 is 14.2 Å². The molecule has 1 aliphatic heterocycles. The lowest BCUT2D eigenvalue weighted by molar-refractivity contribution is 0.182. The number of piperidine rings is 1. The van der Waals surface area contributed by atoms with Crippen LogP contribution in [0.5, 0.6) is 5.75 Å². The van der Waals surface area contributed by atoms with Crippen LogP contribution in [0.25, 0.3) is 11.4 Å². The fourth-order valence-corrected chi connectivity index (χ4v) is 4.18. The Morgan fingerprint density at radius 2 is 1.96 bits per heavy atom. The molecule has 5 nitrogen and oxygen atoms in total. The zero-order chi connectivity index (χ0) is 16.9. The minimum absolute atomic E-state index is 0.723. The van der Waals surface area contributed by atoms with Gasteiger partial charge in [0, 0.05) is 24.4 Å². The Bertz CT molecular complexity index is 656. The maximum Gasteiger partial charge on any atom is 0.191 e. The molecule has 0 bridgehead atoms. The molecule has 24 heavy (non-hydrogen) atoms. The maximum atomic E-state index is 5.21. The minimum atomic E-state index is 0.723. The van der Waals surface area contributed by atoms with Crippen molar-refractivity contribution < 1.29 is 4.74 Å². The van der Waals surface area contributed by atoms with Crippen LogP contribution in [0, 0.1) is 0 Å². The second-order valence-corrected chi connectivity index (χ2v) is 7.42. The molecule has 1 unspecified atom stereocenters. The van der Waals surface area contributed by atoms with Gasteiger partial charge in [0.15, 0.2) is 11.0 Å². The molecule has 1 aliphatic rings. The first-order valence-corrected chi connectivity index (χ1v) is 9.54. The average molecular weight is 347 g/mol. The first-order chi connectivity index (χ1) is 11.7. The van der Waals surface area contributed by atoms with Gasteiger partial charge in [0.25, 0.3) is 0 Å². The normalized spacial score (nSPS) is 18.7. The van der Waals surface area contributed by atoms with Crippen LogP contribution in [0.3, 0.4) is 0 Å². The SMILES string of the molecule is COc1ccc(-c2nnc(SCCC3CCCCN3C)n2C)cc1. The van der Waals surface area contributed by atoms with Crippen LogP contribution in [0.1, 0.15) is 25.7 Å². The molecule has 2 heterocycles. The molecule has 1 saturated heterocycles. The van der Waals surface area contributed by atoms with Gasteiger partial charge >= 0.3 is 0 Å². The topological polar surface area (TPSA) is 43.2 Å². The van der Waals surface area contributed by atoms with Crippen LogP contribution < -0.4 is 4.74 Å². The fraction of sp³-hybridized carbons (Fsp3) is 0.556. The second-order valence-electron chi connectivity index (χ2n) is 6.36. The molecule has 2 aromatic rings. The summed E-state index contributed by atoms with van der Waals surface area (Å²) in [6.45, 7) is 1.24. The number of thioether (sulfide) groups is 1. The standard InChI is InChI=1S/C18H26N4OS/c1-21-12-5-4-6-15(21)11-13-24-18-20-19-17(22(18)2)14-7-9-16(23-3)10-8-14/h7-10,15H,4-6,11-13H2,1-3H3. The van der Waals surface area contributed by atoms with E-state index in [1.165, 1.54) is 32.2 Å². The van der Waals surface area contributed by atoms with E-state index in [-0.39, 0.29) is 0 Å². The van der Waals surface area contributed by atoms with E-state index in [1.54, 1.807) is 18.9 Å². The smallest absolute Gasteiger partial charge is 0.191 e. The zero-order valence-electron chi connectivity index (χ0n) is 14.7. The highest BCUT2D eigenvalue weighted by Gasteiger charge is 2.19. The van der Waals surface area contributed by atoms with Gasteiger partial charge in [0.05, 0.1) is 7.11 Å². The lowest BCUT2D eigenvalue weighted by atomic mass is 10.0. The molecule has 1 fully saturated rings. The van der Waals surface area contributed by atoms with Crippen molar-refractivity contribution in [1.29, 1.82) is 0 Å². The number of rotatable bonds is 6. The summed E-state index contributed by atoms with van der Waals surface area (Å²) in [5.74, 6) is 2.84. The summed E-state index contributed by atoms with van der Waals surface area (Å²) >= 11 is 1.80. The summed E-state index contributed by atoms with van der Waals surface area (Å²) in [5.41, 5.74) is 1.06. The van der Waals surface area contributed by atoms with Gasteiger partial charge in [0.1, 0.15) is 5.75 Å². The maximum absolute atomic E-state index is 5.21. The average Bonchev–Trinajstić information content (AvgIpc) is 2.97. The van der Waals surface area contributed by atoms with Crippen molar-refractivity contribution in [3.05, 3.63) is 24.3 Å². The van der Waals surface area contributed by atoms with Crippen LogP contribution in [0.2, 0.25) is 0 Å². The highest BCUT2D eigenvalue weighted by molar-refractivity contribution is 7.99. The quantitative estimate of drug-likeness (QED) is 0.750. The predicted octanol–water partition coefficient (Wildman–Crippen LogP) is 3.46. The highest BCUT2D eigenvalue weighted by atomic mass is 32.2. The molecule has 1 aromatic heterocycles. The lowest BCUT2D eigenvalue weighted by Gasteiger charge is -2.32. The monoisotopic (exact) mass is 346 g/mol. The van der Waals surface area contributed by atoms with E-state index >= 15 is 0 Å². The summed E-state index contributed by atoms with van der Waals surface area (Å²) < 4.78 is 7.29. The van der Waals surface area contributed by atoms with E-state index in [1.807, 2.05) is 31.3 Å². The first kappa shape index (κ1) is 17.3. The van der Waals surface area contributed by atoms with Crippen molar-refractivity contribution in [3.8, 4) is 17.1 Å². The van der Waals surface area contributed by atoms with E-state index in [4.69, 9.17) is 4.74 Å². The van der Waals surface area contributed by atoms with Crippen LogP contribution in [-0.2, 0) is 7.05 Å². The molecule has 1 aromatic carbocycles. The molecule has 0 saturated carbocycles. The molecule has 0 radical (unpaired) electrons. The number of hydrogen-bond donors (Lipinski definition) is 0. The second kappa shape index (κ2) is 8.03. The molecular weight excluding hydrogens is 320 g/mol. The Balaban J connectivity index is 1.60. The molecule has 0 spiro atoms. The number of nitrogens with zero attached hydrogens (tertiary/aromatic N) is 4. The first-order valence-electron chi connectivity index (χ1n) is 8.56. The lowest BCUT2D eigenvalue weighted by Crippen LogP contribution is -2.36. The number of aromatic nitrogens is 3. The molecule has 3 rings (SSSR count). The van der Waals surface area contributed by atoms with Gasteiger partial charge in [-0.3, -0.25) is 0 Å². The van der Waals surface area contributed by atoms with Crippen molar-refractivity contribution >= 4 is 11.8 Å². The number of ether oxygens (including phenoxy) is 1. The van der Waals surface area contributed by atoms with E-state index in [9.17, 15) is 0 Å². The third-order valence-corrected chi connectivity index (χ3v) is 5.84. The predicted molar refractivity (Wildman–Crippen MR) is 98.6 cm³/mol. The highest BCUT2D eigenvalue weighted by Crippen LogP contribution is 2.26. The van der Waals surface area contributed by atoms with Crippen molar-refractivity contribution in [1.82, 2.24) is 19.7 Å². The Hall–Kier alpha value is -1.53. The minimum Gasteiger partial charge on any atom is -0.497 e. The largest absolute Gasteiger partial charge is 0.497 e. The molecule has 6 heteroatoms. The number of methoxy groups -OCH3 is 1. The third-order valence-electron chi connectivity index (χ3n) is 4.79. The number of benzene rings is 1. The summed E-state index contributed by atoms with van der Waals surface area (Å²) in [4.78, 5) is 2.50. The Kier molecular flexibility index (Phi) is 5.79. The van der Waals surface area contributed by atoms with Gasteiger partial charge in [-0.25, -0.2) is 0 Å². The van der Waals surface area contributed by atoms with Gasteiger partial charge in [-0.15, -0.1) is 10.2 Å². The van der Waals surface area contributed by atoms with Gasteiger partial charge in [-0.2, -0.15) is 0 Å². The molecule has 0 N–H and O–H groups in total. The summed E-state index contributed by atoms with van der Waals surface area (Å²) in [5, 5.41) is 9.72. The van der Waals surface area contributed by atoms with Crippen molar-refractivity contribution in [2.24, 2.45) is 7.05 Å². The van der Waals surface area contributed by atoms with Crippen molar-refractivity contribution in [2.45, 2.75) is 36.9 Å². The molecule has 0 aliphatic carbocycles. The van der Waals surface area contributed by atoms with Crippen LogP contribution in [0.15, 0.2) is 29.4 Å². The molecular formula is C18H26N4OS. The van der Waals surface area contributed by atoms with Crippen molar-refractivity contribution in [2.75, 3.05) is 26.5 Å². The number of hydrogen-bond acceptors (Lipinski definition) is 5. The van der Waals surface area contributed by atoms with E-state index < -0.39 is 0 Å². The fourth-order valence-electron chi connectivity index (χ4n) is 3.23. The van der Waals surface area contributed by atoms with E-state index in [0.29, 0.717) is 0 Å². The third kappa shape index (κ3) is 3.92. The molecule has 1 atom stereocenters. The van der Waals surface area contributed by atoms with Gasteiger partial charge in [-0.05, 0) is 57.1 Å². The zero-order valence-corrected chi connectivity index (χ0v) is 15.6. The van der Waals surface area contributed by atoms with E-state index in [0.717, 1.165) is 34.1 Å².